The van der Waals surface area contributed by atoms with E-state index in [4.69, 9.17) is 19.9 Å². The molecule has 1 aliphatic rings. The molecule has 0 aliphatic carbocycles. The molecule has 0 spiro atoms. The minimum absolute atomic E-state index is 0.156. The monoisotopic (exact) mass is 217 g/mol. The zero-order valence-corrected chi connectivity index (χ0v) is 9.11. The number of carbonyl (C=O) groups excluding carboxylic acids is 1. The van der Waals surface area contributed by atoms with Crippen LogP contribution in [0.5, 0.6) is 0 Å². The molecule has 5 nitrogen and oxygen atoms in total. The number of carbonyl (C=O) groups is 1. The SMILES string of the molecule is CCOC(=O)[C@@H](N)COC1CCCCO1. The van der Waals surface area contributed by atoms with Gasteiger partial charge in [0.1, 0.15) is 6.04 Å². The van der Waals surface area contributed by atoms with Crippen molar-refractivity contribution in [1.29, 1.82) is 0 Å². The summed E-state index contributed by atoms with van der Waals surface area (Å²) in [6, 6.07) is -0.713. The molecule has 0 aromatic heterocycles. The van der Waals surface area contributed by atoms with Crippen LogP contribution in [0.3, 0.4) is 0 Å². The van der Waals surface area contributed by atoms with Crippen molar-refractivity contribution in [2.75, 3.05) is 19.8 Å². The average molecular weight is 217 g/mol. The Hall–Kier alpha value is -0.650. The van der Waals surface area contributed by atoms with Gasteiger partial charge in [-0.3, -0.25) is 4.79 Å². The van der Waals surface area contributed by atoms with Gasteiger partial charge in [0.05, 0.1) is 13.2 Å². The third-order valence-electron chi connectivity index (χ3n) is 2.19. The Kier molecular flexibility index (Phi) is 5.60. The van der Waals surface area contributed by atoms with E-state index in [1.165, 1.54) is 0 Å². The zero-order valence-electron chi connectivity index (χ0n) is 9.11. The lowest BCUT2D eigenvalue weighted by Crippen LogP contribution is -2.39. The highest BCUT2D eigenvalue weighted by atomic mass is 16.7. The van der Waals surface area contributed by atoms with Gasteiger partial charge in [0.25, 0.3) is 0 Å². The Balaban J connectivity index is 2.14. The maximum Gasteiger partial charge on any atom is 0.325 e. The number of hydrogen-bond donors (Lipinski definition) is 1. The van der Waals surface area contributed by atoms with Crippen molar-refractivity contribution < 1.29 is 19.0 Å². The molecule has 0 radical (unpaired) electrons. The smallest absolute Gasteiger partial charge is 0.325 e. The van der Waals surface area contributed by atoms with E-state index in [0.29, 0.717) is 6.61 Å². The lowest BCUT2D eigenvalue weighted by Gasteiger charge is -2.23. The van der Waals surface area contributed by atoms with E-state index in [1.807, 2.05) is 0 Å². The topological polar surface area (TPSA) is 70.8 Å². The van der Waals surface area contributed by atoms with Crippen LogP contribution in [-0.2, 0) is 19.0 Å². The number of nitrogens with two attached hydrogens (primary N) is 1. The number of hydrogen-bond acceptors (Lipinski definition) is 5. The first-order valence-electron chi connectivity index (χ1n) is 5.39. The predicted octanol–water partition coefficient (Wildman–Crippen LogP) is 0.420. The summed E-state index contributed by atoms with van der Waals surface area (Å²) in [5, 5.41) is 0. The van der Waals surface area contributed by atoms with Gasteiger partial charge < -0.3 is 19.9 Å². The average Bonchev–Trinajstić information content (AvgIpc) is 2.27. The summed E-state index contributed by atoms with van der Waals surface area (Å²) >= 11 is 0. The van der Waals surface area contributed by atoms with Crippen molar-refractivity contribution >= 4 is 5.97 Å². The van der Waals surface area contributed by atoms with Crippen LogP contribution >= 0.6 is 0 Å². The Morgan fingerprint density at radius 2 is 2.40 bits per heavy atom. The molecule has 0 saturated carbocycles. The predicted molar refractivity (Wildman–Crippen MR) is 54.2 cm³/mol. The van der Waals surface area contributed by atoms with Crippen LogP contribution in [0.1, 0.15) is 26.2 Å². The highest BCUT2D eigenvalue weighted by molar-refractivity contribution is 5.75. The zero-order chi connectivity index (χ0) is 11.1. The van der Waals surface area contributed by atoms with Crippen LogP contribution < -0.4 is 5.73 Å². The first-order chi connectivity index (χ1) is 7.24. The van der Waals surface area contributed by atoms with Gasteiger partial charge in [0.2, 0.25) is 0 Å². The third kappa shape index (κ3) is 4.59. The molecule has 1 fully saturated rings. The van der Waals surface area contributed by atoms with E-state index in [2.05, 4.69) is 0 Å². The second-order valence-corrected chi connectivity index (χ2v) is 3.49. The first-order valence-corrected chi connectivity index (χ1v) is 5.39. The lowest BCUT2D eigenvalue weighted by molar-refractivity contribution is -0.171. The maximum absolute atomic E-state index is 11.1. The minimum Gasteiger partial charge on any atom is -0.465 e. The molecule has 2 N–H and O–H groups in total. The summed E-state index contributed by atoms with van der Waals surface area (Å²) in [7, 11) is 0. The van der Waals surface area contributed by atoms with E-state index < -0.39 is 12.0 Å². The fraction of sp³-hybridized carbons (Fsp3) is 0.900. The quantitative estimate of drug-likeness (QED) is 0.676. The molecule has 0 amide bonds. The van der Waals surface area contributed by atoms with E-state index in [0.717, 1.165) is 25.9 Å². The van der Waals surface area contributed by atoms with Gasteiger partial charge in [0.15, 0.2) is 6.29 Å². The van der Waals surface area contributed by atoms with Gasteiger partial charge in [-0.1, -0.05) is 0 Å². The lowest BCUT2D eigenvalue weighted by atomic mass is 10.2. The van der Waals surface area contributed by atoms with Gasteiger partial charge in [-0.15, -0.1) is 0 Å². The van der Waals surface area contributed by atoms with E-state index in [1.54, 1.807) is 6.92 Å². The first kappa shape index (κ1) is 12.4. The van der Waals surface area contributed by atoms with Gasteiger partial charge >= 0.3 is 5.97 Å². The van der Waals surface area contributed by atoms with Crippen molar-refractivity contribution in [1.82, 2.24) is 0 Å². The van der Waals surface area contributed by atoms with Crippen molar-refractivity contribution in [3.63, 3.8) is 0 Å². The number of esters is 1. The van der Waals surface area contributed by atoms with Crippen molar-refractivity contribution in [2.24, 2.45) is 5.73 Å². The second-order valence-electron chi connectivity index (χ2n) is 3.49. The summed E-state index contributed by atoms with van der Waals surface area (Å²) in [5.74, 6) is -0.423. The largest absolute Gasteiger partial charge is 0.465 e. The van der Waals surface area contributed by atoms with Gasteiger partial charge in [0, 0.05) is 6.61 Å². The molecule has 1 unspecified atom stereocenters. The van der Waals surface area contributed by atoms with Crippen LogP contribution in [0.15, 0.2) is 0 Å². The van der Waals surface area contributed by atoms with E-state index in [-0.39, 0.29) is 12.9 Å². The second kappa shape index (κ2) is 6.76. The van der Waals surface area contributed by atoms with Gasteiger partial charge in [-0.25, -0.2) is 0 Å². The Bertz CT molecular complexity index is 192. The number of rotatable bonds is 5. The molecule has 1 saturated heterocycles. The molecule has 1 heterocycles. The summed E-state index contributed by atoms with van der Waals surface area (Å²) in [6.07, 6.45) is 2.83. The van der Waals surface area contributed by atoms with Crippen LogP contribution in [0.4, 0.5) is 0 Å². The number of ether oxygens (including phenoxy) is 3. The van der Waals surface area contributed by atoms with E-state index in [9.17, 15) is 4.79 Å². The van der Waals surface area contributed by atoms with Gasteiger partial charge in [-0.05, 0) is 26.2 Å². The standard InChI is InChI=1S/C10H19NO4/c1-2-13-10(12)8(11)7-15-9-5-3-4-6-14-9/h8-9H,2-7,11H2,1H3/t8-,9?/m0/s1. The normalized spacial score (nSPS) is 23.5. The molecule has 1 rings (SSSR count). The van der Waals surface area contributed by atoms with Crippen LogP contribution in [0.2, 0.25) is 0 Å². The minimum atomic E-state index is -0.713. The van der Waals surface area contributed by atoms with E-state index >= 15 is 0 Å². The summed E-state index contributed by atoms with van der Waals surface area (Å²) < 4.78 is 15.5. The maximum atomic E-state index is 11.1. The molecule has 0 aromatic carbocycles. The molecule has 88 valence electrons. The molecular formula is C10H19NO4. The van der Waals surface area contributed by atoms with Crippen LogP contribution in [0, 0.1) is 0 Å². The molecule has 0 aromatic rings. The summed E-state index contributed by atoms with van der Waals surface area (Å²) in [5.41, 5.74) is 5.57. The van der Waals surface area contributed by atoms with Crippen molar-refractivity contribution in [3.05, 3.63) is 0 Å². The molecular weight excluding hydrogens is 198 g/mol. The summed E-state index contributed by atoms with van der Waals surface area (Å²) in [4.78, 5) is 11.1. The Morgan fingerprint density at radius 1 is 1.60 bits per heavy atom. The summed E-state index contributed by atoms with van der Waals surface area (Å²) in [6.45, 7) is 2.96. The fourth-order valence-corrected chi connectivity index (χ4v) is 1.37. The third-order valence-corrected chi connectivity index (χ3v) is 2.19. The molecule has 5 heteroatoms. The van der Waals surface area contributed by atoms with Crippen molar-refractivity contribution in [2.45, 2.75) is 38.5 Å². The van der Waals surface area contributed by atoms with Gasteiger partial charge in [-0.2, -0.15) is 0 Å². The van der Waals surface area contributed by atoms with Crippen molar-refractivity contribution in [3.8, 4) is 0 Å². The Labute approximate surface area is 89.9 Å². The molecule has 1 aliphatic heterocycles. The molecule has 0 bridgehead atoms. The van der Waals surface area contributed by atoms with Crippen LogP contribution in [0.25, 0.3) is 0 Å². The fourth-order valence-electron chi connectivity index (χ4n) is 1.37. The Morgan fingerprint density at radius 3 is 3.00 bits per heavy atom. The van der Waals surface area contributed by atoms with Crippen LogP contribution in [-0.4, -0.2) is 38.1 Å². The highest BCUT2D eigenvalue weighted by Crippen LogP contribution is 2.13. The molecule has 15 heavy (non-hydrogen) atoms. The molecule has 2 atom stereocenters. The highest BCUT2D eigenvalue weighted by Gasteiger charge is 2.19.